The minimum absolute atomic E-state index is 0.601. The van der Waals surface area contributed by atoms with Crippen LogP contribution in [0.1, 0.15) is 5.56 Å². The molecule has 0 N–H and O–H groups in total. The van der Waals surface area contributed by atoms with Crippen molar-refractivity contribution in [1.29, 1.82) is 5.26 Å². The van der Waals surface area contributed by atoms with E-state index in [4.69, 9.17) is 4.98 Å². The van der Waals surface area contributed by atoms with Gasteiger partial charge in [-0.05, 0) is 96.6 Å². The second-order valence-electron chi connectivity index (χ2n) is 17.1. The zero-order chi connectivity index (χ0) is 43.5. The first-order valence-electron chi connectivity index (χ1n) is 22.3. The molecule has 0 aliphatic heterocycles. The summed E-state index contributed by atoms with van der Waals surface area (Å²) in [5.41, 5.74) is 14.6. The molecule has 0 spiro atoms. The molecule has 66 heavy (non-hydrogen) atoms. The van der Waals surface area contributed by atoms with E-state index in [1.54, 1.807) is 0 Å². The van der Waals surface area contributed by atoms with Crippen LogP contribution >= 0.6 is 0 Å². The first-order valence-corrected chi connectivity index (χ1v) is 22.3. The predicted molar refractivity (Wildman–Crippen MR) is 272 cm³/mol. The number of nitrogens with zero attached hydrogens (tertiary/aromatic N) is 6. The van der Waals surface area contributed by atoms with E-state index in [2.05, 4.69) is 218 Å². The Kier molecular flexibility index (Phi) is 7.65. The van der Waals surface area contributed by atoms with Crippen LogP contribution in [0.25, 0.3) is 121 Å². The molecule has 9 aromatic carbocycles. The second kappa shape index (κ2) is 13.9. The largest absolute Gasteiger partial charge is 0.309 e. The SMILES string of the molecule is N#Cc1cccc(-c2cc(-n3c4ccccc4c4cc(-n5c6ccccc6c6ccccc65)ccc43)ncc2-n2c3ccccc3c3cc(-n4c5ccccc5c5ccccc54)ccc32)c1. The smallest absolute Gasteiger partial charge is 0.138 e. The van der Waals surface area contributed by atoms with Gasteiger partial charge in [0.15, 0.2) is 0 Å². The van der Waals surface area contributed by atoms with Gasteiger partial charge in [0, 0.05) is 60.0 Å². The zero-order valence-corrected chi connectivity index (χ0v) is 35.5. The summed E-state index contributed by atoms with van der Waals surface area (Å²) in [7, 11) is 0. The molecular formula is C60H36N6. The van der Waals surface area contributed by atoms with Crippen molar-refractivity contribution >= 4 is 87.2 Å². The van der Waals surface area contributed by atoms with Gasteiger partial charge in [0.05, 0.1) is 67.7 Å². The molecule has 0 saturated heterocycles. The number of rotatable bonds is 5. The van der Waals surface area contributed by atoms with Gasteiger partial charge in [0.25, 0.3) is 0 Å². The Morgan fingerprint density at radius 3 is 1.20 bits per heavy atom. The Morgan fingerprint density at radius 1 is 0.333 bits per heavy atom. The molecule has 14 aromatic rings. The van der Waals surface area contributed by atoms with E-state index < -0.39 is 0 Å². The van der Waals surface area contributed by atoms with Gasteiger partial charge in [-0.15, -0.1) is 0 Å². The lowest BCUT2D eigenvalue weighted by Gasteiger charge is -2.17. The maximum absolute atomic E-state index is 10.2. The third kappa shape index (κ3) is 5.14. The number of aromatic nitrogens is 5. The van der Waals surface area contributed by atoms with Crippen LogP contribution in [0.15, 0.2) is 219 Å². The molecule has 6 heteroatoms. The molecule has 14 rings (SSSR count). The van der Waals surface area contributed by atoms with Crippen molar-refractivity contribution in [1.82, 2.24) is 23.3 Å². The molecule has 5 aromatic heterocycles. The zero-order valence-electron chi connectivity index (χ0n) is 35.5. The average molecular weight is 841 g/mol. The van der Waals surface area contributed by atoms with Crippen LogP contribution in [0.5, 0.6) is 0 Å². The van der Waals surface area contributed by atoms with Crippen molar-refractivity contribution in [2.24, 2.45) is 0 Å². The first kappa shape index (κ1) is 36.3. The third-order valence-corrected chi connectivity index (χ3v) is 13.6. The van der Waals surface area contributed by atoms with Crippen molar-refractivity contribution in [2.75, 3.05) is 0 Å². The van der Waals surface area contributed by atoms with Gasteiger partial charge in [-0.1, -0.05) is 121 Å². The molecule has 0 atom stereocenters. The number of pyridine rings is 1. The summed E-state index contributed by atoms with van der Waals surface area (Å²) >= 11 is 0. The summed E-state index contributed by atoms with van der Waals surface area (Å²) in [4.78, 5) is 5.37. The fourth-order valence-corrected chi connectivity index (χ4v) is 10.8. The summed E-state index contributed by atoms with van der Waals surface area (Å²) in [6, 6.07) is 78.0. The van der Waals surface area contributed by atoms with Gasteiger partial charge in [0.1, 0.15) is 5.82 Å². The van der Waals surface area contributed by atoms with Crippen LogP contribution in [0, 0.1) is 11.3 Å². The maximum atomic E-state index is 10.2. The lowest BCUT2D eigenvalue weighted by Crippen LogP contribution is -2.03. The van der Waals surface area contributed by atoms with Gasteiger partial charge < -0.3 is 13.7 Å². The third-order valence-electron chi connectivity index (χ3n) is 13.6. The Hall–Kier alpha value is -9.18. The van der Waals surface area contributed by atoms with Gasteiger partial charge in [-0.2, -0.15) is 5.26 Å². The maximum Gasteiger partial charge on any atom is 0.138 e. The number of hydrogen-bond acceptors (Lipinski definition) is 2. The van der Waals surface area contributed by atoms with E-state index in [9.17, 15) is 5.26 Å². The number of hydrogen-bond donors (Lipinski definition) is 0. The van der Waals surface area contributed by atoms with Crippen LogP contribution in [-0.4, -0.2) is 23.3 Å². The first-order chi connectivity index (χ1) is 32.7. The molecular weight excluding hydrogens is 805 g/mol. The molecule has 0 fully saturated rings. The molecule has 0 aliphatic carbocycles. The van der Waals surface area contributed by atoms with Crippen molar-refractivity contribution in [3.05, 3.63) is 224 Å². The average Bonchev–Trinajstić information content (AvgIpc) is 4.11. The molecule has 0 aliphatic rings. The van der Waals surface area contributed by atoms with Gasteiger partial charge in [-0.3, -0.25) is 4.57 Å². The molecule has 0 saturated carbocycles. The van der Waals surface area contributed by atoms with Crippen molar-refractivity contribution in [3.8, 4) is 40.1 Å². The minimum atomic E-state index is 0.601. The van der Waals surface area contributed by atoms with E-state index in [-0.39, 0.29) is 0 Å². The van der Waals surface area contributed by atoms with Crippen molar-refractivity contribution in [3.63, 3.8) is 0 Å². The van der Waals surface area contributed by atoms with Gasteiger partial charge in [-0.25, -0.2) is 4.98 Å². The Balaban J connectivity index is 0.997. The number of para-hydroxylation sites is 6. The summed E-state index contributed by atoms with van der Waals surface area (Å²) in [6.45, 7) is 0. The second-order valence-corrected chi connectivity index (χ2v) is 17.1. The van der Waals surface area contributed by atoms with Crippen LogP contribution in [0.3, 0.4) is 0 Å². The highest BCUT2D eigenvalue weighted by atomic mass is 15.1. The number of fused-ring (bicyclic) bond motifs is 12. The van der Waals surface area contributed by atoms with Gasteiger partial charge >= 0.3 is 0 Å². The summed E-state index contributed by atoms with van der Waals surface area (Å²) < 4.78 is 9.38. The normalized spacial score (nSPS) is 11.9. The van der Waals surface area contributed by atoms with Crippen LogP contribution < -0.4 is 0 Å². The summed E-state index contributed by atoms with van der Waals surface area (Å²) in [6.07, 6.45) is 2.02. The standard InChI is InChI=1S/C60H36N6/c61-36-38-14-13-15-39(32-38)48-35-60(66-56-27-12-6-21-47(56)50-34-41(29-31-58(50)66)64-53-24-9-3-18-44(53)45-19-4-10-25-54(45)64)62-37-59(48)65-55-26-11-5-20-46(55)49-33-40(28-30-57(49)65)63-51-22-7-1-16-42(51)43-17-2-8-23-52(43)63/h1-35,37H. The molecule has 0 amide bonds. The minimum Gasteiger partial charge on any atom is -0.309 e. The highest BCUT2D eigenvalue weighted by molar-refractivity contribution is 6.14. The Bertz CT molecular complexity index is 4270. The van der Waals surface area contributed by atoms with Crippen molar-refractivity contribution in [2.45, 2.75) is 0 Å². The lowest BCUT2D eigenvalue weighted by atomic mass is 10.0. The molecule has 306 valence electrons. The highest BCUT2D eigenvalue weighted by Gasteiger charge is 2.22. The van der Waals surface area contributed by atoms with Crippen molar-refractivity contribution < 1.29 is 0 Å². The van der Waals surface area contributed by atoms with Crippen LogP contribution in [-0.2, 0) is 0 Å². The summed E-state index contributed by atoms with van der Waals surface area (Å²) in [5, 5.41) is 19.7. The number of nitriles is 1. The number of benzene rings is 9. The molecule has 5 heterocycles. The molecule has 0 unspecified atom stereocenters. The molecule has 6 nitrogen and oxygen atoms in total. The summed E-state index contributed by atoms with van der Waals surface area (Å²) in [5.74, 6) is 0.793. The van der Waals surface area contributed by atoms with E-state index in [1.807, 2.05) is 24.4 Å². The van der Waals surface area contributed by atoms with E-state index >= 15 is 0 Å². The lowest BCUT2D eigenvalue weighted by molar-refractivity contribution is 1.05. The fourth-order valence-electron chi connectivity index (χ4n) is 10.8. The molecule has 0 radical (unpaired) electrons. The fraction of sp³-hybridized carbons (Fsp3) is 0. The Labute approximate surface area is 378 Å². The van der Waals surface area contributed by atoms with Crippen LogP contribution in [0.4, 0.5) is 0 Å². The Morgan fingerprint density at radius 2 is 0.727 bits per heavy atom. The van der Waals surface area contributed by atoms with E-state index in [0.29, 0.717) is 5.56 Å². The van der Waals surface area contributed by atoms with Crippen LogP contribution in [0.2, 0.25) is 0 Å². The molecule has 0 bridgehead atoms. The monoisotopic (exact) mass is 840 g/mol. The topological polar surface area (TPSA) is 56.4 Å². The predicted octanol–water partition coefficient (Wildman–Crippen LogP) is 15.0. The highest BCUT2D eigenvalue weighted by Crippen LogP contribution is 2.41. The quantitative estimate of drug-likeness (QED) is 0.173. The van der Waals surface area contributed by atoms with Gasteiger partial charge in [0.2, 0.25) is 0 Å². The van der Waals surface area contributed by atoms with E-state index in [1.165, 1.54) is 43.6 Å². The van der Waals surface area contributed by atoms with E-state index in [0.717, 1.165) is 77.6 Å².